The fourth-order valence-corrected chi connectivity index (χ4v) is 8.09. The maximum absolute atomic E-state index is 2.69. The summed E-state index contributed by atoms with van der Waals surface area (Å²) in [4.78, 5) is 12.8. The zero-order valence-corrected chi connectivity index (χ0v) is 23.5. The predicted octanol–water partition coefficient (Wildman–Crippen LogP) is 3.39. The normalized spacial score (nSPS) is 16.4. The van der Waals surface area contributed by atoms with Crippen LogP contribution in [0.5, 0.6) is 0 Å². The molecule has 1 atom stereocenters. The van der Waals surface area contributed by atoms with Gasteiger partial charge < -0.3 is 0 Å². The molecule has 4 aromatic carbocycles. The number of para-hydroxylation sites is 4. The van der Waals surface area contributed by atoms with Crippen LogP contribution in [0.4, 0.5) is 22.7 Å². The SMILES string of the molecule is C[I-][C@H]1N(CCCN2CN(Cc3ccccc3)c3ccccc32)c2ccccc2N1Cc1ccccc1. The number of nitrogens with zero attached hydrogens (tertiary/aromatic N) is 4. The Hall–Kier alpha value is -3.19. The average molecular weight is 602 g/mol. The number of hydrogen-bond donors (Lipinski definition) is 0. The first kappa shape index (κ1) is 24.2. The van der Waals surface area contributed by atoms with Crippen LogP contribution in [0.3, 0.4) is 0 Å². The van der Waals surface area contributed by atoms with E-state index in [1.54, 1.807) is 0 Å². The van der Waals surface area contributed by atoms with Gasteiger partial charge in [-0.05, 0) is 0 Å². The number of halogens is 1. The number of anilines is 4. The van der Waals surface area contributed by atoms with E-state index in [-0.39, 0.29) is 21.2 Å². The Morgan fingerprint density at radius 3 is 1.70 bits per heavy atom. The molecule has 2 heterocycles. The molecule has 4 aromatic rings. The summed E-state index contributed by atoms with van der Waals surface area (Å²) >= 11 is -0.00104. The van der Waals surface area contributed by atoms with E-state index in [1.165, 1.54) is 33.9 Å². The molecule has 0 spiro atoms. The maximum atomic E-state index is 2.69. The molecule has 0 aromatic heterocycles. The van der Waals surface area contributed by atoms with Gasteiger partial charge in [0.15, 0.2) is 0 Å². The second-order valence-electron chi connectivity index (χ2n) is 9.76. The first-order valence-corrected chi connectivity index (χ1v) is 16.5. The summed E-state index contributed by atoms with van der Waals surface area (Å²) in [5.74, 6) is 0. The van der Waals surface area contributed by atoms with Crippen molar-refractivity contribution in [3.05, 3.63) is 120 Å². The summed E-state index contributed by atoms with van der Waals surface area (Å²) in [7, 11) is 0. The van der Waals surface area contributed by atoms with E-state index in [9.17, 15) is 0 Å². The van der Waals surface area contributed by atoms with Gasteiger partial charge in [0.25, 0.3) is 0 Å². The summed E-state index contributed by atoms with van der Waals surface area (Å²) in [6, 6.07) is 39.6. The van der Waals surface area contributed by atoms with Gasteiger partial charge in [-0.1, -0.05) is 6.07 Å². The molecule has 5 heteroatoms. The Balaban J connectivity index is 1.15. The van der Waals surface area contributed by atoms with Crippen molar-refractivity contribution in [3.63, 3.8) is 0 Å². The van der Waals surface area contributed by atoms with Crippen LogP contribution in [0, 0.1) is 0 Å². The third kappa shape index (κ3) is 5.01. The van der Waals surface area contributed by atoms with E-state index in [2.05, 4.69) is 134 Å². The van der Waals surface area contributed by atoms with E-state index >= 15 is 0 Å². The molecule has 0 fully saturated rings. The van der Waals surface area contributed by atoms with Crippen molar-refractivity contribution in [1.82, 2.24) is 0 Å². The van der Waals surface area contributed by atoms with Crippen LogP contribution in [0.15, 0.2) is 109 Å². The number of benzene rings is 4. The number of rotatable bonds is 9. The molecule has 0 radical (unpaired) electrons. The van der Waals surface area contributed by atoms with Gasteiger partial charge >= 0.3 is 226 Å². The summed E-state index contributed by atoms with van der Waals surface area (Å²) in [5, 5.41) is 0. The van der Waals surface area contributed by atoms with Gasteiger partial charge in [-0.2, -0.15) is 0 Å². The molecule has 0 amide bonds. The zero-order valence-electron chi connectivity index (χ0n) is 21.4. The Morgan fingerprint density at radius 1 is 0.568 bits per heavy atom. The summed E-state index contributed by atoms with van der Waals surface area (Å²) in [6.45, 7) is 5.02. The minimum atomic E-state index is -0.00104. The van der Waals surface area contributed by atoms with Crippen molar-refractivity contribution < 1.29 is 21.2 Å². The van der Waals surface area contributed by atoms with Crippen molar-refractivity contribution in [1.29, 1.82) is 0 Å². The molecule has 0 unspecified atom stereocenters. The topological polar surface area (TPSA) is 13.0 Å². The van der Waals surface area contributed by atoms with Crippen molar-refractivity contribution in [2.45, 2.75) is 23.7 Å². The van der Waals surface area contributed by atoms with Gasteiger partial charge in [-0.15, -0.1) is 0 Å². The Morgan fingerprint density at radius 2 is 1.08 bits per heavy atom. The van der Waals surface area contributed by atoms with Crippen molar-refractivity contribution in [3.8, 4) is 0 Å². The summed E-state index contributed by atoms with van der Waals surface area (Å²) < 4.78 is 0.497. The number of fused-ring (bicyclic) bond motifs is 2. The Labute approximate surface area is 231 Å². The third-order valence-electron chi connectivity index (χ3n) is 7.35. The number of hydrogen-bond acceptors (Lipinski definition) is 4. The fourth-order valence-electron chi connectivity index (χ4n) is 5.67. The summed E-state index contributed by atoms with van der Waals surface area (Å²) in [5.41, 5.74) is 8.25. The predicted molar refractivity (Wildman–Crippen MR) is 152 cm³/mol. The molecule has 4 nitrogen and oxygen atoms in total. The van der Waals surface area contributed by atoms with Crippen LogP contribution in [0.25, 0.3) is 0 Å². The van der Waals surface area contributed by atoms with Gasteiger partial charge in [-0.25, -0.2) is 0 Å². The standard InChI is InChI=1S/C32H34IN4/c1-33-32-36(30-19-10-11-20-31(30)37(32)24-27-15-6-3-7-16-27)22-12-21-34-25-35(23-26-13-4-2-5-14-26)29-18-9-8-17-28(29)34/h2-11,13-20,32H,12,21-25H2,1H3/q-1/t32-/m0/s1. The summed E-state index contributed by atoms with van der Waals surface area (Å²) in [6.07, 6.45) is 1.14. The molecule has 6 rings (SSSR count). The van der Waals surface area contributed by atoms with Gasteiger partial charge in [0.1, 0.15) is 0 Å². The molecule has 2 aliphatic heterocycles. The molecule has 0 saturated carbocycles. The van der Waals surface area contributed by atoms with Gasteiger partial charge in [0, 0.05) is 0 Å². The van der Waals surface area contributed by atoms with Crippen LogP contribution in [0.1, 0.15) is 17.5 Å². The Kier molecular flexibility index (Phi) is 7.22. The van der Waals surface area contributed by atoms with E-state index in [0.717, 1.165) is 39.3 Å². The van der Waals surface area contributed by atoms with Crippen LogP contribution < -0.4 is 40.8 Å². The molecule has 0 bridgehead atoms. The molecule has 0 saturated heterocycles. The Bertz CT molecular complexity index is 1310. The van der Waals surface area contributed by atoms with Crippen LogP contribution in [-0.4, -0.2) is 28.9 Å². The second kappa shape index (κ2) is 11.1. The van der Waals surface area contributed by atoms with E-state index < -0.39 is 0 Å². The first-order chi connectivity index (χ1) is 18.3. The van der Waals surface area contributed by atoms with Gasteiger partial charge in [0.2, 0.25) is 0 Å². The first-order valence-electron chi connectivity index (χ1n) is 13.1. The molecular formula is C32H34IN4-. The molecule has 0 aliphatic carbocycles. The second-order valence-corrected chi connectivity index (χ2v) is 12.1. The molecule has 0 N–H and O–H groups in total. The molecule has 37 heavy (non-hydrogen) atoms. The average Bonchev–Trinajstić information content (AvgIpc) is 3.45. The zero-order chi connectivity index (χ0) is 25.0. The van der Waals surface area contributed by atoms with E-state index in [0.29, 0.717) is 4.17 Å². The molecular weight excluding hydrogens is 567 g/mol. The third-order valence-corrected chi connectivity index (χ3v) is 9.81. The van der Waals surface area contributed by atoms with E-state index in [4.69, 9.17) is 0 Å². The van der Waals surface area contributed by atoms with Crippen molar-refractivity contribution in [2.24, 2.45) is 0 Å². The molecule has 2 aliphatic rings. The van der Waals surface area contributed by atoms with Crippen molar-refractivity contribution in [2.75, 3.05) is 44.3 Å². The van der Waals surface area contributed by atoms with Crippen LogP contribution in [-0.2, 0) is 13.1 Å². The fraction of sp³-hybridized carbons (Fsp3) is 0.250. The van der Waals surface area contributed by atoms with Crippen LogP contribution >= 0.6 is 0 Å². The quantitative estimate of drug-likeness (QED) is 0.166. The van der Waals surface area contributed by atoms with Crippen molar-refractivity contribution >= 4 is 22.7 Å². The minimum absolute atomic E-state index is 0.00104. The van der Waals surface area contributed by atoms with Crippen LogP contribution in [0.2, 0.25) is 0 Å². The van der Waals surface area contributed by atoms with Gasteiger partial charge in [0.05, 0.1) is 0 Å². The monoisotopic (exact) mass is 601 g/mol. The van der Waals surface area contributed by atoms with Gasteiger partial charge in [-0.3, -0.25) is 0 Å². The number of alkyl halides is 2. The molecule has 190 valence electrons. The van der Waals surface area contributed by atoms with E-state index in [1.807, 2.05) is 0 Å².